The van der Waals surface area contributed by atoms with Crippen LogP contribution >= 0.6 is 0 Å². The lowest BCUT2D eigenvalue weighted by atomic mass is 9.78. The van der Waals surface area contributed by atoms with E-state index in [4.69, 9.17) is 21.5 Å². The van der Waals surface area contributed by atoms with Crippen LogP contribution in [0.25, 0.3) is 0 Å². The smallest absolute Gasteiger partial charge is 0.451 e. The molecular formula is C17H28BN3O4. The van der Waals surface area contributed by atoms with Crippen LogP contribution in [-0.2, 0) is 11.2 Å². The van der Waals surface area contributed by atoms with Gasteiger partial charge in [0.1, 0.15) is 5.54 Å². The number of nitrogens with zero attached hydrogens (tertiary/aromatic N) is 1. The third-order valence-electron chi connectivity index (χ3n) is 4.94. The molecule has 0 bridgehead atoms. The second-order valence-corrected chi connectivity index (χ2v) is 7.10. The zero-order valence-corrected chi connectivity index (χ0v) is 14.4. The molecule has 0 amide bonds. The molecule has 3 atom stereocenters. The van der Waals surface area contributed by atoms with E-state index in [-0.39, 0.29) is 24.8 Å². The number of carbonyl (C=O) groups is 1. The molecule has 138 valence electrons. The molecule has 0 unspecified atom stereocenters. The average Bonchev–Trinajstić information content (AvgIpc) is 2.85. The number of carboxylic acids is 1. The Hall–Kier alpha value is -1.45. The van der Waals surface area contributed by atoms with Gasteiger partial charge in [0.05, 0.1) is 0 Å². The Bertz CT molecular complexity index is 560. The van der Waals surface area contributed by atoms with Gasteiger partial charge in [0, 0.05) is 31.6 Å². The summed E-state index contributed by atoms with van der Waals surface area (Å²) in [5.41, 5.74) is 12.3. The number of carboxylic acid groups (broad SMARTS) is 1. The lowest BCUT2D eigenvalue weighted by molar-refractivity contribution is -0.144. The van der Waals surface area contributed by atoms with Gasteiger partial charge in [0.15, 0.2) is 0 Å². The van der Waals surface area contributed by atoms with Crippen LogP contribution in [0.5, 0.6) is 0 Å². The molecule has 1 aromatic carbocycles. The fourth-order valence-electron chi connectivity index (χ4n) is 3.63. The van der Waals surface area contributed by atoms with E-state index < -0.39 is 18.6 Å². The highest BCUT2D eigenvalue weighted by molar-refractivity contribution is 6.40. The summed E-state index contributed by atoms with van der Waals surface area (Å²) in [4.78, 5) is 13.7. The summed E-state index contributed by atoms with van der Waals surface area (Å²) in [5.74, 6) is -1.24. The summed E-state index contributed by atoms with van der Waals surface area (Å²) in [6, 6.07) is 9.85. The van der Waals surface area contributed by atoms with Crippen molar-refractivity contribution >= 4 is 13.1 Å². The lowest BCUT2D eigenvalue weighted by Crippen LogP contribution is -2.55. The highest BCUT2D eigenvalue weighted by Crippen LogP contribution is 2.30. The van der Waals surface area contributed by atoms with Gasteiger partial charge in [0.25, 0.3) is 0 Å². The van der Waals surface area contributed by atoms with Gasteiger partial charge in [-0.15, -0.1) is 0 Å². The molecule has 0 saturated carbocycles. The molecular weight excluding hydrogens is 321 g/mol. The number of benzene rings is 1. The van der Waals surface area contributed by atoms with Crippen molar-refractivity contribution in [2.75, 3.05) is 19.6 Å². The topological polar surface area (TPSA) is 133 Å². The first-order valence-corrected chi connectivity index (χ1v) is 8.71. The van der Waals surface area contributed by atoms with Gasteiger partial charge in [-0.25, -0.2) is 0 Å². The highest BCUT2D eigenvalue weighted by atomic mass is 16.4. The summed E-state index contributed by atoms with van der Waals surface area (Å²) >= 11 is 0. The van der Waals surface area contributed by atoms with Crippen molar-refractivity contribution in [2.45, 2.75) is 37.2 Å². The minimum atomic E-state index is -1.37. The number of hydrogen-bond acceptors (Lipinski definition) is 6. The van der Waals surface area contributed by atoms with Gasteiger partial charge in [0.2, 0.25) is 0 Å². The molecule has 7 N–H and O–H groups in total. The summed E-state index contributed by atoms with van der Waals surface area (Å²) in [5, 5.41) is 27.5. The van der Waals surface area contributed by atoms with E-state index in [0.717, 1.165) is 12.0 Å². The third-order valence-corrected chi connectivity index (χ3v) is 4.94. The van der Waals surface area contributed by atoms with E-state index in [0.29, 0.717) is 25.9 Å². The minimum Gasteiger partial charge on any atom is -0.480 e. The molecule has 1 saturated heterocycles. The SMILES string of the molecule is N[C@@H](Cc1ccccc1)CN1C[C@H](CCCB(O)O)[C@](N)(C(=O)O)C1. The first-order chi connectivity index (χ1) is 11.8. The quantitative estimate of drug-likeness (QED) is 0.380. The molecule has 0 aliphatic carbocycles. The molecule has 25 heavy (non-hydrogen) atoms. The van der Waals surface area contributed by atoms with E-state index in [2.05, 4.69) is 0 Å². The van der Waals surface area contributed by atoms with Gasteiger partial charge < -0.3 is 26.6 Å². The lowest BCUT2D eigenvalue weighted by Gasteiger charge is -2.25. The first kappa shape index (κ1) is 19.9. The Kier molecular flexibility index (Phi) is 6.98. The van der Waals surface area contributed by atoms with Crippen molar-refractivity contribution in [3.63, 3.8) is 0 Å². The van der Waals surface area contributed by atoms with E-state index in [1.165, 1.54) is 0 Å². The molecule has 1 heterocycles. The average molecular weight is 349 g/mol. The first-order valence-electron chi connectivity index (χ1n) is 8.71. The Morgan fingerprint density at radius 2 is 2.04 bits per heavy atom. The number of likely N-dealkylation sites (tertiary alicyclic amines) is 1. The second kappa shape index (κ2) is 8.78. The van der Waals surface area contributed by atoms with Crippen molar-refractivity contribution in [3.05, 3.63) is 35.9 Å². The summed E-state index contributed by atoms with van der Waals surface area (Å²) in [6.07, 6.45) is 2.02. The largest absolute Gasteiger partial charge is 0.480 e. The molecule has 1 aliphatic heterocycles. The molecule has 0 spiro atoms. The summed E-state index contributed by atoms with van der Waals surface area (Å²) < 4.78 is 0. The van der Waals surface area contributed by atoms with Crippen LogP contribution in [0.1, 0.15) is 18.4 Å². The minimum absolute atomic E-state index is 0.0986. The third kappa shape index (κ3) is 5.52. The van der Waals surface area contributed by atoms with Gasteiger partial charge in [-0.2, -0.15) is 0 Å². The van der Waals surface area contributed by atoms with Crippen LogP contribution in [0.4, 0.5) is 0 Å². The fourth-order valence-corrected chi connectivity index (χ4v) is 3.63. The van der Waals surface area contributed by atoms with Gasteiger partial charge in [-0.3, -0.25) is 9.69 Å². The fraction of sp³-hybridized carbons (Fsp3) is 0.588. The second-order valence-electron chi connectivity index (χ2n) is 7.10. The maximum Gasteiger partial charge on any atom is 0.451 e. The molecule has 8 heteroatoms. The predicted molar refractivity (Wildman–Crippen MR) is 96.8 cm³/mol. The molecule has 0 aromatic heterocycles. The van der Waals surface area contributed by atoms with Gasteiger partial charge >= 0.3 is 13.1 Å². The summed E-state index contributed by atoms with van der Waals surface area (Å²) in [6.45, 7) is 1.41. The zero-order chi connectivity index (χ0) is 18.4. The van der Waals surface area contributed by atoms with Crippen molar-refractivity contribution in [1.82, 2.24) is 4.90 Å². The van der Waals surface area contributed by atoms with Crippen LogP contribution in [0.3, 0.4) is 0 Å². The highest BCUT2D eigenvalue weighted by Gasteiger charge is 2.49. The maximum absolute atomic E-state index is 11.7. The van der Waals surface area contributed by atoms with Crippen LogP contribution < -0.4 is 11.5 Å². The van der Waals surface area contributed by atoms with Gasteiger partial charge in [-0.05, 0) is 24.7 Å². The Balaban J connectivity index is 1.92. The van der Waals surface area contributed by atoms with Crippen LogP contribution in [-0.4, -0.2) is 64.4 Å². The molecule has 1 fully saturated rings. The zero-order valence-electron chi connectivity index (χ0n) is 14.4. The van der Waals surface area contributed by atoms with Crippen molar-refractivity contribution in [2.24, 2.45) is 17.4 Å². The number of aliphatic carboxylic acids is 1. The van der Waals surface area contributed by atoms with Crippen LogP contribution in [0.15, 0.2) is 30.3 Å². The van der Waals surface area contributed by atoms with E-state index in [1.54, 1.807) is 0 Å². The Morgan fingerprint density at radius 1 is 1.36 bits per heavy atom. The van der Waals surface area contributed by atoms with E-state index >= 15 is 0 Å². The van der Waals surface area contributed by atoms with Gasteiger partial charge in [-0.1, -0.05) is 36.8 Å². The number of nitrogens with two attached hydrogens (primary N) is 2. The normalized spacial score (nSPS) is 25.0. The molecule has 2 rings (SSSR count). The monoisotopic (exact) mass is 349 g/mol. The molecule has 1 aromatic rings. The molecule has 7 nitrogen and oxygen atoms in total. The molecule has 0 radical (unpaired) electrons. The standard InChI is InChI=1S/C17H28BN3O4/c19-15(9-13-5-2-1-3-6-13)11-21-10-14(7-4-8-18(24)25)17(20,12-21)16(22)23/h1-3,5-6,14-15,24-25H,4,7-12,19-20H2,(H,22,23)/t14-,15-,17-/m0/s1. The maximum atomic E-state index is 11.7. The summed E-state index contributed by atoms with van der Waals surface area (Å²) in [7, 11) is -1.37. The number of hydrogen-bond donors (Lipinski definition) is 5. The van der Waals surface area contributed by atoms with Crippen molar-refractivity contribution in [3.8, 4) is 0 Å². The molecule has 1 aliphatic rings. The van der Waals surface area contributed by atoms with Crippen LogP contribution in [0.2, 0.25) is 6.32 Å². The van der Waals surface area contributed by atoms with Crippen molar-refractivity contribution < 1.29 is 19.9 Å². The van der Waals surface area contributed by atoms with Crippen molar-refractivity contribution in [1.29, 1.82) is 0 Å². The predicted octanol–water partition coefficient (Wildman–Crippen LogP) is -0.477. The Morgan fingerprint density at radius 3 is 2.64 bits per heavy atom. The van der Waals surface area contributed by atoms with E-state index in [9.17, 15) is 9.90 Å². The number of rotatable bonds is 9. The van der Waals surface area contributed by atoms with Crippen LogP contribution in [0, 0.1) is 5.92 Å². The Labute approximate surface area is 148 Å². The van der Waals surface area contributed by atoms with E-state index in [1.807, 2.05) is 35.2 Å².